The fraction of sp³-hybridized carbons (Fsp3) is 0.696. The largest absolute Gasteiger partial charge is 0.462 e. The average Bonchev–Trinajstić information content (AvgIpc) is 2.59. The van der Waals surface area contributed by atoms with E-state index in [9.17, 15) is 4.79 Å². The van der Waals surface area contributed by atoms with Crippen molar-refractivity contribution in [1.82, 2.24) is 0 Å². The number of hydrogen-bond acceptors (Lipinski definition) is 3. The van der Waals surface area contributed by atoms with Crippen molar-refractivity contribution in [1.29, 1.82) is 0 Å². The summed E-state index contributed by atoms with van der Waals surface area (Å²) in [5, 5.41) is 0. The quantitative estimate of drug-likeness (QED) is 0.451. The van der Waals surface area contributed by atoms with E-state index >= 15 is 0 Å². The zero-order valence-corrected chi connectivity index (χ0v) is 18.2. The van der Waals surface area contributed by atoms with Crippen LogP contribution in [0.15, 0.2) is 30.3 Å². The van der Waals surface area contributed by atoms with Crippen LogP contribution in [0.5, 0.6) is 0 Å². The van der Waals surface area contributed by atoms with Crippen molar-refractivity contribution in [3.63, 3.8) is 0 Å². The van der Waals surface area contributed by atoms with Gasteiger partial charge in [-0.2, -0.15) is 0 Å². The van der Waals surface area contributed by atoms with E-state index in [4.69, 9.17) is 4.74 Å². The third-order valence-corrected chi connectivity index (χ3v) is 3.41. The summed E-state index contributed by atoms with van der Waals surface area (Å²) in [6, 6.07) is 10.4. The molecule has 0 radical (unpaired) electrons. The highest BCUT2D eigenvalue weighted by Crippen LogP contribution is 2.13. The Morgan fingerprint density at radius 3 is 2.00 bits per heavy atom. The predicted molar refractivity (Wildman–Crippen MR) is 112 cm³/mol. The lowest BCUT2D eigenvalue weighted by Crippen LogP contribution is -2.17. The van der Waals surface area contributed by atoms with Gasteiger partial charge in [-0.1, -0.05) is 83.7 Å². The maximum absolute atomic E-state index is 9.60. The molecule has 0 aliphatic carbocycles. The van der Waals surface area contributed by atoms with Gasteiger partial charge in [0.05, 0.1) is 6.61 Å². The first-order valence-electron chi connectivity index (χ1n) is 10.1. The van der Waals surface area contributed by atoms with Gasteiger partial charge < -0.3 is 9.47 Å². The van der Waals surface area contributed by atoms with E-state index < -0.39 is 0 Å². The lowest BCUT2D eigenvalue weighted by Gasteiger charge is -2.14. The van der Waals surface area contributed by atoms with Crippen molar-refractivity contribution in [2.24, 2.45) is 5.92 Å². The molecule has 1 unspecified atom stereocenters. The van der Waals surface area contributed by atoms with E-state index in [1.165, 1.54) is 37.7 Å². The molecule has 152 valence electrons. The van der Waals surface area contributed by atoms with Gasteiger partial charge >= 0.3 is 0 Å². The van der Waals surface area contributed by atoms with Crippen LogP contribution in [0.25, 0.3) is 0 Å². The molecule has 0 saturated heterocycles. The Morgan fingerprint density at radius 2 is 1.62 bits per heavy atom. The predicted octanol–water partition coefficient (Wildman–Crippen LogP) is 6.79. The van der Waals surface area contributed by atoms with Gasteiger partial charge in [0.15, 0.2) is 0 Å². The Labute approximate surface area is 162 Å². The minimum absolute atomic E-state index is 0.318. The molecule has 0 amide bonds. The number of carbonyl (C=O) groups excluding carboxylic acids is 1. The van der Waals surface area contributed by atoms with Gasteiger partial charge in [-0.05, 0) is 38.7 Å². The first-order valence-corrected chi connectivity index (χ1v) is 10.1. The molecule has 26 heavy (non-hydrogen) atoms. The first-order chi connectivity index (χ1) is 12.3. The van der Waals surface area contributed by atoms with E-state index in [1.807, 2.05) is 26.8 Å². The first kappa shape index (κ1) is 26.9. The Hall–Kier alpha value is -1.35. The molecule has 0 fully saturated rings. The molecule has 0 spiro atoms. The van der Waals surface area contributed by atoms with Gasteiger partial charge in [-0.25, -0.2) is 0 Å². The SMILES string of the molecule is CC(C)(C)OC=O.CCC.CCCCC(CC)COCc1ccccc1. The summed E-state index contributed by atoms with van der Waals surface area (Å²) in [6.07, 6.45) is 6.40. The molecule has 0 heterocycles. The van der Waals surface area contributed by atoms with E-state index in [0.29, 0.717) is 6.47 Å². The molecule has 0 aliphatic rings. The number of rotatable bonds is 9. The third-order valence-electron chi connectivity index (χ3n) is 3.41. The van der Waals surface area contributed by atoms with Crippen molar-refractivity contribution in [2.75, 3.05) is 6.61 Å². The van der Waals surface area contributed by atoms with Gasteiger partial charge in [0, 0.05) is 6.61 Å². The van der Waals surface area contributed by atoms with Crippen LogP contribution in [0.1, 0.15) is 86.1 Å². The lowest BCUT2D eigenvalue weighted by atomic mass is 10.0. The van der Waals surface area contributed by atoms with Gasteiger partial charge in [-0.3, -0.25) is 4.79 Å². The maximum Gasteiger partial charge on any atom is 0.293 e. The Kier molecular flexibility index (Phi) is 19.1. The van der Waals surface area contributed by atoms with E-state index in [2.05, 4.69) is 56.7 Å². The molecule has 0 bridgehead atoms. The minimum atomic E-state index is -0.318. The van der Waals surface area contributed by atoms with Crippen molar-refractivity contribution >= 4 is 6.47 Å². The van der Waals surface area contributed by atoms with E-state index in [0.717, 1.165) is 19.1 Å². The summed E-state index contributed by atoms with van der Waals surface area (Å²) in [4.78, 5) is 9.60. The zero-order chi connectivity index (χ0) is 20.3. The number of benzene rings is 1. The fourth-order valence-corrected chi connectivity index (χ4v) is 1.96. The average molecular weight is 367 g/mol. The standard InChI is InChI=1S/C15H24O.C5H10O2.C3H8/c1-3-5-9-14(4-2)12-16-13-15-10-7-6-8-11-15;1-5(2,3)7-4-6;1-3-2/h6-8,10-11,14H,3-5,9,12-13H2,1-2H3;4H,1-3H3;3H2,1-2H3. The topological polar surface area (TPSA) is 35.5 Å². The molecule has 0 saturated carbocycles. The number of hydrogen-bond donors (Lipinski definition) is 0. The molecule has 1 rings (SSSR count). The van der Waals surface area contributed by atoms with Crippen LogP contribution in [-0.2, 0) is 20.9 Å². The summed E-state index contributed by atoms with van der Waals surface area (Å²) in [7, 11) is 0. The summed E-state index contributed by atoms with van der Waals surface area (Å²) in [5.74, 6) is 0.740. The van der Waals surface area contributed by atoms with Crippen molar-refractivity contribution in [3.8, 4) is 0 Å². The third kappa shape index (κ3) is 20.7. The molecular formula is C23H42O3. The summed E-state index contributed by atoms with van der Waals surface area (Å²) in [6.45, 7) is 16.3. The molecule has 3 nitrogen and oxygen atoms in total. The highest BCUT2D eigenvalue weighted by molar-refractivity contribution is 5.37. The summed E-state index contributed by atoms with van der Waals surface area (Å²) < 4.78 is 10.3. The van der Waals surface area contributed by atoms with Gasteiger partial charge in [0.2, 0.25) is 0 Å². The van der Waals surface area contributed by atoms with Crippen LogP contribution >= 0.6 is 0 Å². The molecule has 1 atom stereocenters. The minimum Gasteiger partial charge on any atom is -0.462 e. The summed E-state index contributed by atoms with van der Waals surface area (Å²) in [5.41, 5.74) is 0.953. The molecule has 1 aromatic rings. The second kappa shape index (κ2) is 18.4. The van der Waals surface area contributed by atoms with Crippen LogP contribution in [0.4, 0.5) is 0 Å². The molecule has 0 aliphatic heterocycles. The number of unbranched alkanes of at least 4 members (excludes halogenated alkanes) is 1. The van der Waals surface area contributed by atoms with Crippen LogP contribution in [0, 0.1) is 5.92 Å². The molecule has 1 aromatic carbocycles. The highest BCUT2D eigenvalue weighted by Gasteiger charge is 2.07. The van der Waals surface area contributed by atoms with Crippen LogP contribution < -0.4 is 0 Å². The van der Waals surface area contributed by atoms with Gasteiger partial charge in [0.1, 0.15) is 5.60 Å². The van der Waals surface area contributed by atoms with Gasteiger partial charge in [-0.15, -0.1) is 0 Å². The molecule has 3 heteroatoms. The number of carbonyl (C=O) groups is 1. The maximum atomic E-state index is 9.60. The van der Waals surface area contributed by atoms with Crippen molar-refractivity contribution < 1.29 is 14.3 Å². The Bertz CT molecular complexity index is 396. The Morgan fingerprint density at radius 1 is 1.04 bits per heavy atom. The second-order valence-electron chi connectivity index (χ2n) is 7.45. The fourth-order valence-electron chi connectivity index (χ4n) is 1.96. The molecule has 0 aromatic heterocycles. The number of ether oxygens (including phenoxy) is 2. The van der Waals surface area contributed by atoms with Crippen molar-refractivity contribution in [3.05, 3.63) is 35.9 Å². The van der Waals surface area contributed by atoms with E-state index in [1.54, 1.807) is 0 Å². The molecule has 0 N–H and O–H groups in total. The van der Waals surface area contributed by atoms with E-state index in [-0.39, 0.29) is 5.60 Å². The highest BCUT2D eigenvalue weighted by atomic mass is 16.5. The lowest BCUT2D eigenvalue weighted by molar-refractivity contribution is -0.138. The Balaban J connectivity index is 0. The monoisotopic (exact) mass is 366 g/mol. The van der Waals surface area contributed by atoms with Crippen LogP contribution in [-0.4, -0.2) is 18.7 Å². The molecular weight excluding hydrogens is 324 g/mol. The zero-order valence-electron chi connectivity index (χ0n) is 18.2. The van der Waals surface area contributed by atoms with Crippen LogP contribution in [0.3, 0.4) is 0 Å². The van der Waals surface area contributed by atoms with Crippen LogP contribution in [0.2, 0.25) is 0 Å². The normalized spacial score (nSPS) is 11.3. The van der Waals surface area contributed by atoms with Crippen molar-refractivity contribution in [2.45, 2.75) is 92.8 Å². The second-order valence-corrected chi connectivity index (χ2v) is 7.45. The smallest absolute Gasteiger partial charge is 0.293 e. The summed E-state index contributed by atoms with van der Waals surface area (Å²) >= 11 is 0. The van der Waals surface area contributed by atoms with Gasteiger partial charge in [0.25, 0.3) is 6.47 Å².